The van der Waals surface area contributed by atoms with E-state index in [-0.39, 0.29) is 5.41 Å². The van der Waals surface area contributed by atoms with Gasteiger partial charge in [0.2, 0.25) is 0 Å². The average Bonchev–Trinajstić information content (AvgIpc) is 1.82. The Kier molecular flexibility index (Phi) is 2.27. The van der Waals surface area contributed by atoms with Gasteiger partial charge in [-0.2, -0.15) is 0 Å². The highest BCUT2D eigenvalue weighted by Gasteiger charge is 2.13. The van der Waals surface area contributed by atoms with Crippen molar-refractivity contribution in [1.29, 1.82) is 0 Å². The maximum absolute atomic E-state index is 2.27. The van der Waals surface area contributed by atoms with Crippen molar-refractivity contribution in [2.24, 2.45) is 0 Å². The molecule has 0 aliphatic carbocycles. The van der Waals surface area contributed by atoms with Gasteiger partial charge in [0.1, 0.15) is 0 Å². The molecule has 1 rings (SSSR count). The van der Waals surface area contributed by atoms with Crippen LogP contribution in [0.5, 0.6) is 0 Å². The monoisotopic (exact) mass is 164 g/mol. The first-order valence-electron chi connectivity index (χ1n) is 4.48. The first-order chi connectivity index (χ1) is 5.39. The predicted molar refractivity (Wildman–Crippen MR) is 54.6 cm³/mol. The molecule has 0 bridgehead atoms. The summed E-state index contributed by atoms with van der Waals surface area (Å²) < 4.78 is 0. The Bertz CT molecular complexity index is 256. The van der Waals surface area contributed by atoms with Gasteiger partial charge in [-0.05, 0) is 24.8 Å². The molecule has 12 heavy (non-hydrogen) atoms. The van der Waals surface area contributed by atoms with Gasteiger partial charge in [-0.1, -0.05) is 50.1 Å². The van der Waals surface area contributed by atoms with Gasteiger partial charge in [0, 0.05) is 0 Å². The van der Waals surface area contributed by atoms with Crippen molar-refractivity contribution in [3.8, 4) is 0 Å². The van der Waals surface area contributed by atoms with E-state index in [4.69, 9.17) is 0 Å². The van der Waals surface area contributed by atoms with Crippen molar-refractivity contribution in [3.05, 3.63) is 34.9 Å². The van der Waals surface area contributed by atoms with Gasteiger partial charge in [-0.15, -0.1) is 0 Å². The Morgan fingerprint density at radius 1 is 1.08 bits per heavy atom. The molecule has 0 amide bonds. The zero-order chi connectivity index (χ0) is 9.35. The Labute approximate surface area is 75.6 Å². The van der Waals surface area contributed by atoms with Crippen LogP contribution >= 0.6 is 0 Å². The Morgan fingerprint density at radius 2 is 1.67 bits per heavy atom. The number of hydrogen-bond donors (Lipinski definition) is 0. The van der Waals surface area contributed by atoms with Crippen molar-refractivity contribution in [1.82, 2.24) is 0 Å². The van der Waals surface area contributed by atoms with E-state index in [9.17, 15) is 0 Å². The van der Waals surface area contributed by atoms with E-state index >= 15 is 0 Å². The molecule has 0 unspecified atom stereocenters. The molecule has 0 radical (unpaired) electrons. The van der Waals surface area contributed by atoms with Crippen LogP contribution in [0.15, 0.2) is 18.2 Å². The minimum atomic E-state index is 0.275. The van der Waals surface area contributed by atoms with Gasteiger partial charge >= 0.3 is 0 Å². The fraction of sp³-hybridized carbons (Fsp3) is 0.500. The molecule has 0 aliphatic heterocycles. The molecule has 0 N–H and O–H groups in total. The first kappa shape index (κ1) is 9.31. The number of rotatable bonds is 0. The molecule has 0 aliphatic rings. The standard InChI is InChI=1S/C12H18/c1-9-6-10(2)8-11(7-9)12(3,4)5/h6-8H,1-5H3/i1+2. The summed E-state index contributed by atoms with van der Waals surface area (Å²) in [6.45, 7) is 11.1. The van der Waals surface area contributed by atoms with Crippen molar-refractivity contribution >= 4 is 0 Å². The Morgan fingerprint density at radius 3 is 2.08 bits per heavy atom. The molecule has 0 nitrogen and oxygen atoms in total. The molecule has 66 valence electrons. The molecule has 0 saturated heterocycles. The topological polar surface area (TPSA) is 0 Å². The maximum Gasteiger partial charge on any atom is -0.0132 e. The predicted octanol–water partition coefficient (Wildman–Crippen LogP) is 3.60. The third kappa shape index (κ3) is 2.10. The second-order valence-corrected chi connectivity index (χ2v) is 4.63. The molecule has 0 fully saturated rings. The fourth-order valence-corrected chi connectivity index (χ4v) is 1.41. The van der Waals surface area contributed by atoms with Gasteiger partial charge in [0.15, 0.2) is 0 Å². The summed E-state index contributed by atoms with van der Waals surface area (Å²) in [4.78, 5) is 0. The molecule has 0 heteroatoms. The van der Waals surface area contributed by atoms with E-state index in [1.807, 2.05) is 0 Å². The van der Waals surface area contributed by atoms with E-state index < -0.39 is 0 Å². The molecular formula is C12H18. The zero-order valence-corrected chi connectivity index (χ0v) is 8.73. The summed E-state index contributed by atoms with van der Waals surface area (Å²) in [7, 11) is 0. The van der Waals surface area contributed by atoms with Crippen LogP contribution in [0.2, 0.25) is 0 Å². The van der Waals surface area contributed by atoms with Crippen LogP contribution in [0.25, 0.3) is 0 Å². The lowest BCUT2D eigenvalue weighted by atomic mass is 9.86. The van der Waals surface area contributed by atoms with Gasteiger partial charge < -0.3 is 0 Å². The number of benzene rings is 1. The molecule has 0 spiro atoms. The van der Waals surface area contributed by atoms with Crippen molar-refractivity contribution in [3.63, 3.8) is 0 Å². The Balaban J connectivity index is 3.18. The van der Waals surface area contributed by atoms with Crippen LogP contribution in [0, 0.1) is 13.8 Å². The molecular weight excluding hydrogens is 146 g/mol. The van der Waals surface area contributed by atoms with Crippen LogP contribution in [0.1, 0.15) is 37.5 Å². The van der Waals surface area contributed by atoms with E-state index in [2.05, 4.69) is 52.8 Å². The van der Waals surface area contributed by atoms with E-state index in [0.29, 0.717) is 0 Å². The minimum absolute atomic E-state index is 0.275. The summed E-state index contributed by atoms with van der Waals surface area (Å²) in [5.74, 6) is 0. The van der Waals surface area contributed by atoms with Crippen LogP contribution in [0.3, 0.4) is 0 Å². The van der Waals surface area contributed by atoms with Gasteiger partial charge in [0.25, 0.3) is 0 Å². The van der Waals surface area contributed by atoms with E-state index in [1.165, 1.54) is 16.7 Å². The van der Waals surface area contributed by atoms with Crippen molar-refractivity contribution < 1.29 is 0 Å². The highest BCUT2D eigenvalue weighted by atomic mass is 14.5. The first-order valence-corrected chi connectivity index (χ1v) is 4.48. The van der Waals surface area contributed by atoms with E-state index in [0.717, 1.165) is 0 Å². The highest BCUT2D eigenvalue weighted by Crippen LogP contribution is 2.23. The largest absolute Gasteiger partial charge is 0.0564 e. The van der Waals surface area contributed by atoms with Crippen LogP contribution < -0.4 is 0 Å². The lowest BCUT2D eigenvalue weighted by Crippen LogP contribution is -2.11. The summed E-state index contributed by atoms with van der Waals surface area (Å²) in [5, 5.41) is 0. The smallest absolute Gasteiger partial charge is 0.0132 e. The minimum Gasteiger partial charge on any atom is -0.0564 e. The summed E-state index contributed by atoms with van der Waals surface area (Å²) >= 11 is 0. The number of hydrogen-bond acceptors (Lipinski definition) is 0. The molecule has 0 heterocycles. The van der Waals surface area contributed by atoms with Crippen molar-refractivity contribution in [2.75, 3.05) is 0 Å². The second kappa shape index (κ2) is 2.93. The molecule has 0 atom stereocenters. The zero-order valence-electron chi connectivity index (χ0n) is 8.73. The fourth-order valence-electron chi connectivity index (χ4n) is 1.41. The normalized spacial score (nSPS) is 11.8. The lowest BCUT2D eigenvalue weighted by Gasteiger charge is -2.20. The van der Waals surface area contributed by atoms with Crippen molar-refractivity contribution in [2.45, 2.75) is 40.0 Å². The SMILES string of the molecule is Cc1cc([14CH3])cc(C(C)(C)C)c1. The molecule has 1 aromatic rings. The number of aryl methyl sites for hydroxylation is 2. The second-order valence-electron chi connectivity index (χ2n) is 4.63. The van der Waals surface area contributed by atoms with Crippen LogP contribution in [0.4, 0.5) is 0 Å². The molecule has 0 aromatic heterocycles. The van der Waals surface area contributed by atoms with Gasteiger partial charge in [0.05, 0.1) is 0 Å². The maximum atomic E-state index is 2.27. The molecule has 0 saturated carbocycles. The summed E-state index contributed by atoms with van der Waals surface area (Å²) in [5.41, 5.74) is 4.43. The summed E-state index contributed by atoms with van der Waals surface area (Å²) in [6.07, 6.45) is 0. The van der Waals surface area contributed by atoms with Gasteiger partial charge in [-0.25, -0.2) is 0 Å². The van der Waals surface area contributed by atoms with Crippen LogP contribution in [-0.2, 0) is 5.41 Å². The highest BCUT2D eigenvalue weighted by molar-refractivity contribution is 5.32. The third-order valence-corrected chi connectivity index (χ3v) is 2.09. The summed E-state index contributed by atoms with van der Waals surface area (Å²) in [6, 6.07) is 6.76. The third-order valence-electron chi connectivity index (χ3n) is 2.09. The average molecular weight is 164 g/mol. The quantitative estimate of drug-likeness (QED) is 0.549. The van der Waals surface area contributed by atoms with Gasteiger partial charge in [-0.3, -0.25) is 0 Å². The Hall–Kier alpha value is -0.780. The lowest BCUT2D eigenvalue weighted by molar-refractivity contribution is 0.589. The van der Waals surface area contributed by atoms with E-state index in [1.54, 1.807) is 0 Å². The van der Waals surface area contributed by atoms with Crippen LogP contribution in [-0.4, -0.2) is 0 Å². The molecule has 1 aromatic carbocycles.